The van der Waals surface area contributed by atoms with Crippen molar-refractivity contribution in [2.45, 2.75) is 32.2 Å². The molecule has 0 aliphatic rings. The van der Waals surface area contributed by atoms with E-state index in [1.807, 2.05) is 6.92 Å². The van der Waals surface area contributed by atoms with Crippen LogP contribution in [-0.2, 0) is 7.05 Å². The summed E-state index contributed by atoms with van der Waals surface area (Å²) in [6.45, 7) is 4.11. The van der Waals surface area contributed by atoms with Gasteiger partial charge in [0, 0.05) is 30.9 Å². The first-order valence-electron chi connectivity index (χ1n) is 5.38. The summed E-state index contributed by atoms with van der Waals surface area (Å²) in [5.41, 5.74) is -0.292. The molecule has 1 unspecified atom stereocenters. The minimum absolute atomic E-state index is 0.114. The molecule has 0 bridgehead atoms. The lowest BCUT2D eigenvalue weighted by Crippen LogP contribution is -2.38. The summed E-state index contributed by atoms with van der Waals surface area (Å²) < 4.78 is 1.51. The molecule has 0 amide bonds. The molecule has 90 valence electrons. The Morgan fingerprint density at radius 3 is 2.88 bits per heavy atom. The summed E-state index contributed by atoms with van der Waals surface area (Å²) in [6, 6.07) is 0. The van der Waals surface area contributed by atoms with Gasteiger partial charge in [-0.1, -0.05) is 6.92 Å². The first-order chi connectivity index (χ1) is 7.52. The molecule has 0 aliphatic carbocycles. The Kier molecular flexibility index (Phi) is 4.35. The predicted octanol–water partition coefficient (Wildman–Crippen LogP) is 1.99. The number of rotatable bonds is 5. The van der Waals surface area contributed by atoms with E-state index in [1.54, 1.807) is 19.4 Å². The average molecular weight is 244 g/mol. The summed E-state index contributed by atoms with van der Waals surface area (Å²) in [5, 5.41) is 3.19. The minimum Gasteiger partial charge on any atom is -0.360 e. The smallest absolute Gasteiger partial charge is 0.293 e. The fourth-order valence-corrected chi connectivity index (χ4v) is 1.82. The normalized spacial score (nSPS) is 14.5. The monoisotopic (exact) mass is 243 g/mol. The molecule has 0 fully saturated rings. The van der Waals surface area contributed by atoms with Crippen molar-refractivity contribution in [3.63, 3.8) is 0 Å². The maximum atomic E-state index is 11.8. The van der Waals surface area contributed by atoms with Crippen LogP contribution in [0.5, 0.6) is 0 Å². The van der Waals surface area contributed by atoms with Gasteiger partial charge in [0.05, 0.1) is 0 Å². The van der Waals surface area contributed by atoms with Crippen LogP contribution in [0, 0.1) is 0 Å². The highest BCUT2D eigenvalue weighted by atomic mass is 35.5. The number of hydrogen-bond acceptors (Lipinski definition) is 3. The number of anilines is 1. The molecule has 1 aromatic heterocycles. The maximum Gasteiger partial charge on any atom is 0.293 e. The molecule has 16 heavy (non-hydrogen) atoms. The highest BCUT2D eigenvalue weighted by molar-refractivity contribution is 6.17. The van der Waals surface area contributed by atoms with Gasteiger partial charge in [0.2, 0.25) is 0 Å². The molecule has 0 aliphatic heterocycles. The largest absolute Gasteiger partial charge is 0.360 e. The molecule has 1 heterocycles. The van der Waals surface area contributed by atoms with E-state index in [2.05, 4.69) is 17.2 Å². The van der Waals surface area contributed by atoms with Crippen molar-refractivity contribution in [1.82, 2.24) is 9.55 Å². The quantitative estimate of drug-likeness (QED) is 0.805. The van der Waals surface area contributed by atoms with Gasteiger partial charge in [0.25, 0.3) is 5.56 Å². The topological polar surface area (TPSA) is 46.9 Å². The minimum atomic E-state index is -0.178. The van der Waals surface area contributed by atoms with Crippen LogP contribution in [0.3, 0.4) is 0 Å². The van der Waals surface area contributed by atoms with Crippen LogP contribution in [-0.4, -0.2) is 21.0 Å². The highest BCUT2D eigenvalue weighted by Crippen LogP contribution is 2.19. The fraction of sp³-hybridized carbons (Fsp3) is 0.636. The zero-order valence-corrected chi connectivity index (χ0v) is 10.7. The third-order valence-corrected chi connectivity index (χ3v) is 3.05. The van der Waals surface area contributed by atoms with E-state index in [9.17, 15) is 4.79 Å². The van der Waals surface area contributed by atoms with Crippen molar-refractivity contribution < 1.29 is 0 Å². The molecule has 1 aromatic rings. The van der Waals surface area contributed by atoms with Gasteiger partial charge in [-0.2, -0.15) is 0 Å². The summed E-state index contributed by atoms with van der Waals surface area (Å²) >= 11 is 5.76. The second kappa shape index (κ2) is 5.34. The van der Waals surface area contributed by atoms with Gasteiger partial charge < -0.3 is 9.88 Å². The van der Waals surface area contributed by atoms with E-state index < -0.39 is 0 Å². The van der Waals surface area contributed by atoms with Crippen molar-refractivity contribution >= 4 is 17.4 Å². The van der Waals surface area contributed by atoms with Crippen molar-refractivity contribution in [2.24, 2.45) is 7.05 Å². The molecular formula is C11H18ClN3O. The van der Waals surface area contributed by atoms with Crippen LogP contribution in [0.2, 0.25) is 0 Å². The Hall–Kier alpha value is -1.03. The van der Waals surface area contributed by atoms with Crippen molar-refractivity contribution in [1.29, 1.82) is 0 Å². The SMILES string of the molecule is CCC(C)(CCCl)Nc1nccn(C)c1=O. The number of halogens is 1. The van der Waals surface area contributed by atoms with Crippen molar-refractivity contribution in [2.75, 3.05) is 11.2 Å². The molecule has 0 aromatic carbocycles. The van der Waals surface area contributed by atoms with Crippen LogP contribution >= 0.6 is 11.6 Å². The fourth-order valence-electron chi connectivity index (χ4n) is 1.41. The molecule has 0 radical (unpaired) electrons. The molecule has 4 nitrogen and oxygen atoms in total. The second-order valence-electron chi connectivity index (χ2n) is 4.17. The number of aromatic nitrogens is 2. The van der Waals surface area contributed by atoms with Crippen LogP contribution < -0.4 is 10.9 Å². The lowest BCUT2D eigenvalue weighted by molar-refractivity contribution is 0.478. The third kappa shape index (κ3) is 2.98. The van der Waals surface area contributed by atoms with E-state index in [0.29, 0.717) is 11.7 Å². The summed E-state index contributed by atoms with van der Waals surface area (Å²) in [6.07, 6.45) is 4.93. The van der Waals surface area contributed by atoms with Gasteiger partial charge in [0.15, 0.2) is 5.82 Å². The first-order valence-corrected chi connectivity index (χ1v) is 5.91. The van der Waals surface area contributed by atoms with Crippen LogP contribution in [0.1, 0.15) is 26.7 Å². The van der Waals surface area contributed by atoms with Gasteiger partial charge in [-0.05, 0) is 19.8 Å². The van der Waals surface area contributed by atoms with Crippen molar-refractivity contribution in [3.8, 4) is 0 Å². The molecule has 1 N–H and O–H groups in total. The predicted molar refractivity (Wildman–Crippen MR) is 67.1 cm³/mol. The van der Waals surface area contributed by atoms with E-state index >= 15 is 0 Å². The van der Waals surface area contributed by atoms with Gasteiger partial charge in [0.1, 0.15) is 0 Å². The van der Waals surface area contributed by atoms with Gasteiger partial charge >= 0.3 is 0 Å². The summed E-state index contributed by atoms with van der Waals surface area (Å²) in [5.74, 6) is 0.948. The van der Waals surface area contributed by atoms with E-state index in [0.717, 1.165) is 12.8 Å². The number of nitrogens with zero attached hydrogens (tertiary/aromatic N) is 2. The van der Waals surface area contributed by atoms with Crippen LogP contribution in [0.4, 0.5) is 5.82 Å². The lowest BCUT2D eigenvalue weighted by atomic mass is 9.95. The molecule has 5 heteroatoms. The number of hydrogen-bond donors (Lipinski definition) is 1. The number of aryl methyl sites for hydroxylation is 1. The van der Waals surface area contributed by atoms with Crippen LogP contribution in [0.25, 0.3) is 0 Å². The highest BCUT2D eigenvalue weighted by Gasteiger charge is 2.22. The standard InChI is InChI=1S/C11H18ClN3O/c1-4-11(2,5-6-12)14-9-10(16)15(3)8-7-13-9/h7-8H,4-6H2,1-3H3,(H,13,14). The zero-order chi connectivity index (χ0) is 12.2. The molecule has 0 saturated carbocycles. The maximum absolute atomic E-state index is 11.8. The average Bonchev–Trinajstić information content (AvgIpc) is 2.25. The number of nitrogens with one attached hydrogen (secondary N) is 1. The Balaban J connectivity index is 2.94. The Morgan fingerprint density at radius 2 is 2.31 bits per heavy atom. The summed E-state index contributed by atoms with van der Waals surface area (Å²) in [7, 11) is 1.71. The molecule has 1 rings (SSSR count). The van der Waals surface area contributed by atoms with Crippen molar-refractivity contribution in [3.05, 3.63) is 22.7 Å². The molecule has 1 atom stereocenters. The second-order valence-corrected chi connectivity index (χ2v) is 4.55. The zero-order valence-electron chi connectivity index (χ0n) is 9.96. The molecule has 0 spiro atoms. The van der Waals surface area contributed by atoms with Gasteiger partial charge in [-0.3, -0.25) is 4.79 Å². The first kappa shape index (κ1) is 13.0. The van der Waals surface area contributed by atoms with Gasteiger partial charge in [-0.15, -0.1) is 11.6 Å². The Bertz CT molecular complexity index is 404. The lowest BCUT2D eigenvalue weighted by Gasteiger charge is -2.29. The van der Waals surface area contributed by atoms with E-state index in [1.165, 1.54) is 4.57 Å². The molecular weight excluding hydrogens is 226 g/mol. The van der Waals surface area contributed by atoms with Crippen LogP contribution in [0.15, 0.2) is 17.2 Å². The summed E-state index contributed by atoms with van der Waals surface area (Å²) in [4.78, 5) is 15.8. The Labute approximate surface area is 101 Å². The third-order valence-electron chi connectivity index (χ3n) is 2.86. The van der Waals surface area contributed by atoms with E-state index in [-0.39, 0.29) is 11.1 Å². The van der Waals surface area contributed by atoms with Gasteiger partial charge in [-0.25, -0.2) is 4.98 Å². The molecule has 0 saturated heterocycles. The number of alkyl halides is 1. The van der Waals surface area contributed by atoms with E-state index in [4.69, 9.17) is 11.6 Å². The Morgan fingerprint density at radius 1 is 1.62 bits per heavy atom.